The number of carbonyl (C=O) groups excluding carboxylic acids is 1. The Morgan fingerprint density at radius 1 is 1.43 bits per heavy atom. The molecule has 0 aliphatic carbocycles. The van der Waals surface area contributed by atoms with Gasteiger partial charge in [-0.15, -0.1) is 0 Å². The molecule has 1 aromatic carbocycles. The van der Waals surface area contributed by atoms with E-state index in [2.05, 4.69) is 33.2 Å². The highest BCUT2D eigenvalue weighted by Crippen LogP contribution is 2.25. The van der Waals surface area contributed by atoms with E-state index in [4.69, 9.17) is 4.74 Å². The van der Waals surface area contributed by atoms with Gasteiger partial charge >= 0.3 is 5.97 Å². The Bertz CT molecular complexity index is 664. The first kappa shape index (κ1) is 15.8. The number of methoxy groups -OCH3 is 1. The topological polar surface area (TPSA) is 44.1 Å². The molecule has 0 radical (unpaired) electrons. The van der Waals surface area contributed by atoms with Crippen molar-refractivity contribution in [2.24, 2.45) is 0 Å². The Labute approximate surface area is 133 Å². The van der Waals surface area contributed by atoms with E-state index < -0.39 is 0 Å². The minimum absolute atomic E-state index is 0.233. The number of hydrogen-bond donors (Lipinski definition) is 0. The minimum atomic E-state index is -0.300. The summed E-state index contributed by atoms with van der Waals surface area (Å²) in [5.74, 6) is -0.533. The molecule has 0 saturated heterocycles. The van der Waals surface area contributed by atoms with Gasteiger partial charge in [-0.25, -0.2) is 0 Å². The van der Waals surface area contributed by atoms with Crippen LogP contribution in [0.4, 0.5) is 0 Å². The SMILES string of the molecule is COC(=O)C(C)c1c(C)nn(Cc2cccc(Br)c2)c1C. The molecule has 4 nitrogen and oxygen atoms in total. The van der Waals surface area contributed by atoms with Crippen LogP contribution in [0, 0.1) is 13.8 Å². The Morgan fingerprint density at radius 3 is 2.76 bits per heavy atom. The maximum Gasteiger partial charge on any atom is 0.312 e. The highest BCUT2D eigenvalue weighted by Gasteiger charge is 2.23. The molecule has 1 unspecified atom stereocenters. The number of nitrogens with zero attached hydrogens (tertiary/aromatic N) is 2. The average molecular weight is 351 g/mol. The lowest BCUT2D eigenvalue weighted by Crippen LogP contribution is -2.13. The molecule has 2 rings (SSSR count). The normalized spacial score (nSPS) is 12.2. The second-order valence-electron chi connectivity index (χ2n) is 5.12. The van der Waals surface area contributed by atoms with E-state index in [1.165, 1.54) is 7.11 Å². The van der Waals surface area contributed by atoms with Crippen molar-refractivity contribution in [3.63, 3.8) is 0 Å². The molecule has 0 amide bonds. The maximum atomic E-state index is 11.8. The van der Waals surface area contributed by atoms with E-state index in [0.717, 1.165) is 27.0 Å². The molecule has 1 aromatic heterocycles. The van der Waals surface area contributed by atoms with Gasteiger partial charge in [0.1, 0.15) is 0 Å². The second kappa shape index (κ2) is 6.43. The maximum absolute atomic E-state index is 11.8. The van der Waals surface area contributed by atoms with E-state index in [-0.39, 0.29) is 11.9 Å². The van der Waals surface area contributed by atoms with Crippen molar-refractivity contribution in [3.8, 4) is 0 Å². The van der Waals surface area contributed by atoms with Gasteiger partial charge in [-0.3, -0.25) is 9.48 Å². The largest absolute Gasteiger partial charge is 0.469 e. The number of aromatic nitrogens is 2. The molecular formula is C16H19BrN2O2. The summed E-state index contributed by atoms with van der Waals surface area (Å²) >= 11 is 3.47. The van der Waals surface area contributed by atoms with Gasteiger partial charge in [0.05, 0.1) is 25.3 Å². The smallest absolute Gasteiger partial charge is 0.312 e. The number of hydrogen-bond acceptors (Lipinski definition) is 3. The number of halogens is 1. The van der Waals surface area contributed by atoms with E-state index in [9.17, 15) is 4.79 Å². The average Bonchev–Trinajstić information content (AvgIpc) is 2.72. The first-order valence-electron chi connectivity index (χ1n) is 6.80. The fourth-order valence-corrected chi connectivity index (χ4v) is 3.04. The number of benzene rings is 1. The summed E-state index contributed by atoms with van der Waals surface area (Å²) in [6.45, 7) is 6.46. The second-order valence-corrected chi connectivity index (χ2v) is 6.03. The molecule has 0 aliphatic rings. The molecule has 0 saturated carbocycles. The van der Waals surface area contributed by atoms with E-state index >= 15 is 0 Å². The van der Waals surface area contributed by atoms with Crippen molar-refractivity contribution in [1.29, 1.82) is 0 Å². The van der Waals surface area contributed by atoms with E-state index in [1.807, 2.05) is 37.6 Å². The van der Waals surface area contributed by atoms with Crippen molar-refractivity contribution in [2.45, 2.75) is 33.2 Å². The third-order valence-electron chi connectivity index (χ3n) is 3.65. The first-order valence-corrected chi connectivity index (χ1v) is 7.59. The van der Waals surface area contributed by atoms with Crippen LogP contribution in [-0.2, 0) is 16.1 Å². The van der Waals surface area contributed by atoms with Crippen LogP contribution < -0.4 is 0 Å². The van der Waals surface area contributed by atoms with E-state index in [0.29, 0.717) is 6.54 Å². The molecule has 112 valence electrons. The summed E-state index contributed by atoms with van der Waals surface area (Å²) < 4.78 is 7.82. The standard InChI is InChI=1S/C16H19BrN2O2/c1-10(16(20)21-4)15-11(2)18-19(12(15)3)9-13-6-5-7-14(17)8-13/h5-8,10H,9H2,1-4H3. The summed E-state index contributed by atoms with van der Waals surface area (Å²) in [7, 11) is 1.41. The Balaban J connectivity index is 2.33. The monoisotopic (exact) mass is 350 g/mol. The zero-order chi connectivity index (χ0) is 15.6. The minimum Gasteiger partial charge on any atom is -0.469 e. The molecule has 0 fully saturated rings. The summed E-state index contributed by atoms with van der Waals surface area (Å²) in [4.78, 5) is 11.8. The Kier molecular flexibility index (Phi) is 4.83. The van der Waals surface area contributed by atoms with Crippen molar-refractivity contribution in [1.82, 2.24) is 9.78 Å². The van der Waals surface area contributed by atoms with E-state index in [1.54, 1.807) is 0 Å². The summed E-state index contributed by atoms with van der Waals surface area (Å²) in [6.07, 6.45) is 0. The Morgan fingerprint density at radius 2 is 2.14 bits per heavy atom. The number of carbonyl (C=O) groups is 1. The zero-order valence-corrected chi connectivity index (χ0v) is 14.3. The number of aryl methyl sites for hydroxylation is 1. The van der Waals surface area contributed by atoms with Crippen LogP contribution in [0.1, 0.15) is 35.4 Å². The van der Waals surface area contributed by atoms with Crippen LogP contribution in [-0.4, -0.2) is 22.9 Å². The molecule has 0 bridgehead atoms. The predicted molar refractivity (Wildman–Crippen MR) is 85.4 cm³/mol. The lowest BCUT2D eigenvalue weighted by atomic mass is 9.99. The Hall–Kier alpha value is -1.62. The predicted octanol–water partition coefficient (Wildman–Crippen LogP) is 3.59. The molecule has 2 aromatic rings. The zero-order valence-electron chi connectivity index (χ0n) is 12.7. The van der Waals surface area contributed by atoms with Gasteiger partial charge in [-0.05, 0) is 38.5 Å². The van der Waals surface area contributed by atoms with Crippen LogP contribution in [0.3, 0.4) is 0 Å². The molecule has 1 heterocycles. The molecule has 0 aliphatic heterocycles. The number of esters is 1. The fourth-order valence-electron chi connectivity index (χ4n) is 2.59. The van der Waals surface area contributed by atoms with Crippen LogP contribution in [0.5, 0.6) is 0 Å². The van der Waals surface area contributed by atoms with Crippen molar-refractivity contribution in [2.75, 3.05) is 7.11 Å². The summed E-state index contributed by atoms with van der Waals surface area (Å²) in [5.41, 5.74) is 4.00. The van der Waals surface area contributed by atoms with Crippen molar-refractivity contribution in [3.05, 3.63) is 51.3 Å². The van der Waals surface area contributed by atoms with Gasteiger partial charge in [0.15, 0.2) is 0 Å². The van der Waals surface area contributed by atoms with Gasteiger partial charge in [-0.2, -0.15) is 5.10 Å². The molecular weight excluding hydrogens is 332 g/mol. The first-order chi connectivity index (χ1) is 9.93. The van der Waals surface area contributed by atoms with Crippen LogP contribution >= 0.6 is 15.9 Å². The number of rotatable bonds is 4. The highest BCUT2D eigenvalue weighted by molar-refractivity contribution is 9.10. The van der Waals surface area contributed by atoms with Gasteiger partial charge < -0.3 is 4.74 Å². The van der Waals surface area contributed by atoms with Crippen LogP contribution in [0.15, 0.2) is 28.7 Å². The molecule has 5 heteroatoms. The summed E-state index contributed by atoms with van der Waals surface area (Å²) in [6, 6.07) is 8.13. The van der Waals surface area contributed by atoms with Gasteiger partial charge in [-0.1, -0.05) is 28.1 Å². The molecule has 0 N–H and O–H groups in total. The fraction of sp³-hybridized carbons (Fsp3) is 0.375. The van der Waals surface area contributed by atoms with Crippen LogP contribution in [0.25, 0.3) is 0 Å². The molecule has 1 atom stereocenters. The van der Waals surface area contributed by atoms with Crippen molar-refractivity contribution >= 4 is 21.9 Å². The third kappa shape index (κ3) is 3.35. The van der Waals surface area contributed by atoms with Crippen LogP contribution in [0.2, 0.25) is 0 Å². The highest BCUT2D eigenvalue weighted by atomic mass is 79.9. The molecule has 21 heavy (non-hydrogen) atoms. The quantitative estimate of drug-likeness (QED) is 0.791. The van der Waals surface area contributed by atoms with Crippen molar-refractivity contribution < 1.29 is 9.53 Å². The third-order valence-corrected chi connectivity index (χ3v) is 4.14. The lowest BCUT2D eigenvalue weighted by molar-refractivity contribution is -0.142. The van der Waals surface area contributed by atoms with Gasteiger partial charge in [0.25, 0.3) is 0 Å². The summed E-state index contributed by atoms with van der Waals surface area (Å²) in [5, 5.41) is 4.57. The number of ether oxygens (including phenoxy) is 1. The lowest BCUT2D eigenvalue weighted by Gasteiger charge is -2.10. The van der Waals surface area contributed by atoms with Gasteiger partial charge in [0, 0.05) is 15.7 Å². The molecule has 0 spiro atoms. The van der Waals surface area contributed by atoms with Gasteiger partial charge in [0.2, 0.25) is 0 Å².